The van der Waals surface area contributed by atoms with Gasteiger partial charge in [0.25, 0.3) is 0 Å². The molecule has 5 heteroatoms. The quantitative estimate of drug-likeness (QED) is 0.435. The lowest BCUT2D eigenvalue weighted by atomic mass is 9.97. The lowest BCUT2D eigenvalue weighted by molar-refractivity contribution is -0.141. The Morgan fingerprint density at radius 1 is 1.06 bits per heavy atom. The molecule has 1 N–H and O–H groups in total. The fraction of sp³-hybridized carbons (Fsp3) is 0.407. The van der Waals surface area contributed by atoms with E-state index in [9.17, 15) is 9.59 Å². The third-order valence-corrected chi connectivity index (χ3v) is 6.11. The van der Waals surface area contributed by atoms with Gasteiger partial charge in [0.05, 0.1) is 0 Å². The van der Waals surface area contributed by atoms with E-state index in [0.29, 0.717) is 24.5 Å². The predicted molar refractivity (Wildman–Crippen MR) is 130 cm³/mol. The van der Waals surface area contributed by atoms with Crippen LogP contribution in [0.4, 0.5) is 0 Å². The highest BCUT2D eigenvalue weighted by molar-refractivity contribution is 6.30. The number of carbonyl (C=O) groups excluding carboxylic acids is 2. The number of hydrogen-bond acceptors (Lipinski definition) is 2. The van der Waals surface area contributed by atoms with Crippen LogP contribution in [-0.4, -0.2) is 23.3 Å². The van der Waals surface area contributed by atoms with Crippen LogP contribution in [-0.2, 0) is 16.1 Å². The number of halogens is 1. The summed E-state index contributed by atoms with van der Waals surface area (Å²) in [6.07, 6.45) is 9.05. The lowest BCUT2D eigenvalue weighted by Gasteiger charge is -2.32. The third-order valence-electron chi connectivity index (χ3n) is 5.86. The summed E-state index contributed by atoms with van der Waals surface area (Å²) in [5.41, 5.74) is 3.19. The van der Waals surface area contributed by atoms with E-state index in [0.717, 1.165) is 36.8 Å². The van der Waals surface area contributed by atoms with Gasteiger partial charge < -0.3 is 10.2 Å². The van der Waals surface area contributed by atoms with Gasteiger partial charge >= 0.3 is 0 Å². The van der Waals surface area contributed by atoms with Crippen LogP contribution < -0.4 is 5.32 Å². The molecule has 1 aliphatic carbocycles. The van der Waals surface area contributed by atoms with Crippen molar-refractivity contribution in [1.82, 2.24) is 10.2 Å². The fourth-order valence-electron chi connectivity index (χ4n) is 4.15. The Labute approximate surface area is 196 Å². The number of hydrogen-bond donors (Lipinski definition) is 1. The molecule has 0 aromatic heterocycles. The van der Waals surface area contributed by atoms with E-state index >= 15 is 0 Å². The minimum atomic E-state index is -0.675. The maximum absolute atomic E-state index is 13.4. The van der Waals surface area contributed by atoms with Crippen LogP contribution in [0.15, 0.2) is 66.2 Å². The molecule has 2 aromatic carbocycles. The summed E-state index contributed by atoms with van der Waals surface area (Å²) < 4.78 is 0. The average molecular weight is 453 g/mol. The number of rotatable bonds is 10. The van der Waals surface area contributed by atoms with Crippen LogP contribution in [0.2, 0.25) is 5.02 Å². The first-order valence-electron chi connectivity index (χ1n) is 11.6. The average Bonchev–Trinajstić information content (AvgIpc) is 2.81. The summed E-state index contributed by atoms with van der Waals surface area (Å²) in [6.45, 7) is 2.92. The standard InChI is InChI=1S/C27H33ClN2O2/c1-2-9-25(31)30(20-22-14-16-24(28)17-15-22)26(23-12-7-4-8-13-23)27(32)29-19-18-21-10-5-3-6-11-21/h4,7-8,10,12-17,26H,2-3,5-6,9,11,18-20H2,1H3,(H,29,32). The van der Waals surface area contributed by atoms with Crippen LogP contribution in [0.25, 0.3) is 0 Å². The smallest absolute Gasteiger partial charge is 0.247 e. The van der Waals surface area contributed by atoms with Crippen molar-refractivity contribution in [2.45, 2.75) is 64.5 Å². The Morgan fingerprint density at radius 2 is 1.81 bits per heavy atom. The van der Waals surface area contributed by atoms with E-state index < -0.39 is 6.04 Å². The van der Waals surface area contributed by atoms with Gasteiger partial charge in [0.2, 0.25) is 11.8 Å². The highest BCUT2D eigenvalue weighted by Crippen LogP contribution is 2.26. The SMILES string of the molecule is CCCC(=O)N(Cc1ccc(Cl)cc1)C(C(=O)NCCC1=CCCCC1)c1ccccc1. The molecule has 1 aliphatic rings. The van der Waals surface area contributed by atoms with Crippen molar-refractivity contribution >= 4 is 23.4 Å². The fourth-order valence-corrected chi connectivity index (χ4v) is 4.28. The van der Waals surface area contributed by atoms with Crippen molar-refractivity contribution in [3.63, 3.8) is 0 Å². The van der Waals surface area contributed by atoms with Gasteiger partial charge in [-0.15, -0.1) is 0 Å². The number of nitrogens with one attached hydrogen (secondary N) is 1. The van der Waals surface area contributed by atoms with E-state index in [2.05, 4.69) is 11.4 Å². The maximum atomic E-state index is 13.4. The Kier molecular flexibility index (Phi) is 9.36. The van der Waals surface area contributed by atoms with Crippen molar-refractivity contribution in [3.8, 4) is 0 Å². The largest absolute Gasteiger partial charge is 0.354 e. The number of carbonyl (C=O) groups is 2. The molecule has 0 heterocycles. The van der Waals surface area contributed by atoms with Crippen molar-refractivity contribution in [1.29, 1.82) is 0 Å². The second kappa shape index (κ2) is 12.4. The molecule has 0 bridgehead atoms. The molecule has 0 saturated carbocycles. The molecule has 1 unspecified atom stereocenters. The molecular formula is C27H33ClN2O2. The zero-order valence-electron chi connectivity index (χ0n) is 18.9. The first-order valence-corrected chi connectivity index (χ1v) is 12.0. The van der Waals surface area contributed by atoms with Crippen LogP contribution in [0.1, 0.15) is 69.0 Å². The van der Waals surface area contributed by atoms with Crippen molar-refractivity contribution in [2.24, 2.45) is 0 Å². The molecule has 0 spiro atoms. The summed E-state index contributed by atoms with van der Waals surface area (Å²) in [6, 6.07) is 16.3. The zero-order chi connectivity index (χ0) is 22.8. The maximum Gasteiger partial charge on any atom is 0.247 e. The number of nitrogens with zero attached hydrogens (tertiary/aromatic N) is 1. The highest BCUT2D eigenvalue weighted by atomic mass is 35.5. The van der Waals surface area contributed by atoms with E-state index in [1.54, 1.807) is 4.90 Å². The molecule has 2 amide bonds. The Hall–Kier alpha value is -2.59. The summed E-state index contributed by atoms with van der Waals surface area (Å²) in [5, 5.41) is 3.75. The molecule has 1 atom stereocenters. The van der Waals surface area contributed by atoms with Gasteiger partial charge in [-0.1, -0.05) is 72.6 Å². The minimum absolute atomic E-state index is 0.0264. The minimum Gasteiger partial charge on any atom is -0.354 e. The van der Waals surface area contributed by atoms with E-state index in [4.69, 9.17) is 11.6 Å². The summed E-state index contributed by atoms with van der Waals surface area (Å²) in [4.78, 5) is 28.3. The summed E-state index contributed by atoms with van der Waals surface area (Å²) in [5.74, 6) is -0.160. The molecule has 0 aliphatic heterocycles. The first-order chi connectivity index (χ1) is 15.6. The lowest BCUT2D eigenvalue weighted by Crippen LogP contribution is -2.43. The summed E-state index contributed by atoms with van der Waals surface area (Å²) >= 11 is 6.04. The number of benzene rings is 2. The third kappa shape index (κ3) is 6.96. The molecule has 170 valence electrons. The van der Waals surface area contributed by atoms with Gasteiger partial charge in [0, 0.05) is 24.5 Å². The van der Waals surface area contributed by atoms with E-state index in [1.807, 2.05) is 61.5 Å². The van der Waals surface area contributed by atoms with Gasteiger partial charge in [-0.2, -0.15) is 0 Å². The number of amides is 2. The topological polar surface area (TPSA) is 49.4 Å². The molecule has 0 saturated heterocycles. The Bertz CT molecular complexity index is 909. The second-order valence-electron chi connectivity index (χ2n) is 8.36. The molecule has 0 fully saturated rings. The molecule has 32 heavy (non-hydrogen) atoms. The highest BCUT2D eigenvalue weighted by Gasteiger charge is 2.31. The van der Waals surface area contributed by atoms with Crippen molar-refractivity contribution in [3.05, 3.63) is 82.4 Å². The zero-order valence-corrected chi connectivity index (χ0v) is 19.6. The van der Waals surface area contributed by atoms with Crippen LogP contribution >= 0.6 is 11.6 Å². The molecule has 4 nitrogen and oxygen atoms in total. The van der Waals surface area contributed by atoms with Gasteiger partial charge in [-0.3, -0.25) is 9.59 Å². The normalized spacial score (nSPS) is 14.4. The van der Waals surface area contributed by atoms with Crippen LogP contribution in [0.5, 0.6) is 0 Å². The van der Waals surface area contributed by atoms with Crippen LogP contribution in [0.3, 0.4) is 0 Å². The molecule has 3 rings (SSSR count). The predicted octanol–water partition coefficient (Wildman–Crippen LogP) is 6.22. The number of allylic oxidation sites excluding steroid dienone is 1. The molecule has 0 radical (unpaired) electrons. The second-order valence-corrected chi connectivity index (χ2v) is 8.80. The Balaban J connectivity index is 1.82. The molecular weight excluding hydrogens is 420 g/mol. The van der Waals surface area contributed by atoms with Gasteiger partial charge in [0.1, 0.15) is 6.04 Å². The van der Waals surface area contributed by atoms with Crippen molar-refractivity contribution < 1.29 is 9.59 Å². The molecule has 2 aromatic rings. The monoisotopic (exact) mass is 452 g/mol. The van der Waals surface area contributed by atoms with Gasteiger partial charge in [-0.05, 0) is 61.8 Å². The Morgan fingerprint density at radius 3 is 2.47 bits per heavy atom. The van der Waals surface area contributed by atoms with E-state index in [-0.39, 0.29) is 11.8 Å². The summed E-state index contributed by atoms with van der Waals surface area (Å²) in [7, 11) is 0. The first kappa shape index (κ1) is 24.1. The van der Waals surface area contributed by atoms with E-state index in [1.165, 1.54) is 18.4 Å². The van der Waals surface area contributed by atoms with Gasteiger partial charge in [-0.25, -0.2) is 0 Å². The van der Waals surface area contributed by atoms with Crippen molar-refractivity contribution in [2.75, 3.05) is 6.54 Å². The van der Waals surface area contributed by atoms with Gasteiger partial charge in [0.15, 0.2) is 0 Å². The van der Waals surface area contributed by atoms with Crippen LogP contribution in [0, 0.1) is 0 Å².